The average molecular weight is 317 g/mol. The van der Waals surface area contributed by atoms with Crippen molar-refractivity contribution in [1.82, 2.24) is 0 Å². The van der Waals surface area contributed by atoms with E-state index in [4.69, 9.17) is 16.3 Å². The number of rotatable bonds is 2. The minimum atomic E-state index is -0.252. The fourth-order valence-corrected chi connectivity index (χ4v) is 2.23. The number of carbonyl (C=O) groups excluding carboxylic acids is 2. The maximum atomic E-state index is 12.2. The first kappa shape index (κ1) is 14.4. The van der Waals surface area contributed by atoms with Crippen LogP contribution in [0.2, 0.25) is 5.02 Å². The Kier molecular flexibility index (Phi) is 3.98. The van der Waals surface area contributed by atoms with Crippen LogP contribution in [0.1, 0.15) is 16.8 Å². The first-order chi connectivity index (χ1) is 10.6. The molecule has 0 radical (unpaired) electrons. The van der Waals surface area contributed by atoms with Gasteiger partial charge in [-0.15, -0.1) is 0 Å². The van der Waals surface area contributed by atoms with Crippen LogP contribution in [0, 0.1) is 0 Å². The molecule has 6 heteroatoms. The number of fused-ring (bicyclic) bond motifs is 1. The maximum Gasteiger partial charge on any atom is 0.255 e. The number of benzene rings is 2. The van der Waals surface area contributed by atoms with Gasteiger partial charge in [0.1, 0.15) is 5.75 Å². The van der Waals surface area contributed by atoms with Crippen LogP contribution >= 0.6 is 11.6 Å². The third-order valence-corrected chi connectivity index (χ3v) is 3.46. The molecule has 2 N–H and O–H groups in total. The summed E-state index contributed by atoms with van der Waals surface area (Å²) in [5, 5.41) is 6.10. The molecule has 0 saturated carbocycles. The fourth-order valence-electron chi connectivity index (χ4n) is 2.10. The predicted molar refractivity (Wildman–Crippen MR) is 84.6 cm³/mol. The fraction of sp³-hybridized carbons (Fsp3) is 0.125. The lowest BCUT2D eigenvalue weighted by Gasteiger charge is -2.10. The van der Waals surface area contributed by atoms with Crippen molar-refractivity contribution in [3.63, 3.8) is 0 Å². The number of amides is 2. The van der Waals surface area contributed by atoms with Crippen LogP contribution in [0.5, 0.6) is 5.75 Å². The van der Waals surface area contributed by atoms with Gasteiger partial charge >= 0.3 is 0 Å². The first-order valence-electron chi connectivity index (χ1n) is 6.75. The van der Waals surface area contributed by atoms with E-state index in [1.54, 1.807) is 42.5 Å². The van der Waals surface area contributed by atoms with E-state index in [0.717, 1.165) is 0 Å². The van der Waals surface area contributed by atoms with Crippen LogP contribution in [0.15, 0.2) is 42.5 Å². The molecular formula is C16H13ClN2O3. The number of halogens is 1. The van der Waals surface area contributed by atoms with Gasteiger partial charge in [0.05, 0.1) is 18.7 Å². The summed E-state index contributed by atoms with van der Waals surface area (Å²) in [6, 6.07) is 11.7. The second-order valence-corrected chi connectivity index (χ2v) is 5.26. The van der Waals surface area contributed by atoms with E-state index in [2.05, 4.69) is 10.6 Å². The lowest BCUT2D eigenvalue weighted by atomic mass is 10.2. The Labute approximate surface area is 132 Å². The molecule has 0 aliphatic carbocycles. The van der Waals surface area contributed by atoms with Crippen LogP contribution < -0.4 is 15.4 Å². The number of hydrogen-bond donors (Lipinski definition) is 2. The third-order valence-electron chi connectivity index (χ3n) is 3.20. The number of carbonyl (C=O) groups is 2. The second-order valence-electron chi connectivity index (χ2n) is 4.82. The van der Waals surface area contributed by atoms with Crippen molar-refractivity contribution in [3.8, 4) is 5.75 Å². The largest absolute Gasteiger partial charge is 0.491 e. The zero-order valence-electron chi connectivity index (χ0n) is 11.6. The predicted octanol–water partition coefficient (Wildman–Crippen LogP) is 3.31. The molecule has 5 nitrogen and oxygen atoms in total. The van der Waals surface area contributed by atoms with Gasteiger partial charge in [0.2, 0.25) is 5.91 Å². The van der Waals surface area contributed by atoms with Gasteiger partial charge in [0.25, 0.3) is 5.91 Å². The van der Waals surface area contributed by atoms with E-state index in [1.807, 2.05) is 0 Å². The van der Waals surface area contributed by atoms with Crippen molar-refractivity contribution in [2.45, 2.75) is 6.42 Å². The average Bonchev–Trinajstić information content (AvgIpc) is 2.68. The van der Waals surface area contributed by atoms with Crippen LogP contribution in [-0.4, -0.2) is 18.4 Å². The van der Waals surface area contributed by atoms with E-state index in [9.17, 15) is 9.59 Å². The molecule has 0 saturated heterocycles. The van der Waals surface area contributed by atoms with Gasteiger partial charge < -0.3 is 15.4 Å². The van der Waals surface area contributed by atoms with E-state index in [-0.39, 0.29) is 11.8 Å². The Morgan fingerprint density at radius 1 is 1.18 bits per heavy atom. The highest BCUT2D eigenvalue weighted by atomic mass is 35.5. The van der Waals surface area contributed by atoms with E-state index >= 15 is 0 Å². The number of anilines is 2. The Morgan fingerprint density at radius 2 is 1.95 bits per heavy atom. The van der Waals surface area contributed by atoms with Gasteiger partial charge in [-0.1, -0.05) is 11.6 Å². The summed E-state index contributed by atoms with van der Waals surface area (Å²) in [4.78, 5) is 23.7. The Balaban J connectivity index is 1.79. The van der Waals surface area contributed by atoms with Gasteiger partial charge in [0.15, 0.2) is 0 Å². The lowest BCUT2D eigenvalue weighted by Crippen LogP contribution is -2.13. The molecule has 1 aliphatic rings. The Hall–Kier alpha value is -2.53. The minimum absolute atomic E-state index is 0.111. The van der Waals surface area contributed by atoms with Gasteiger partial charge in [-0.3, -0.25) is 9.59 Å². The molecule has 0 fully saturated rings. The topological polar surface area (TPSA) is 67.4 Å². The standard InChI is InChI=1S/C16H13ClN2O3/c17-11-3-1-10(2-4-11)16(21)18-12-5-6-14-13(9-12)19-15(20)7-8-22-14/h1-6,9H,7-8H2,(H,18,21)(H,19,20). The molecular weight excluding hydrogens is 304 g/mol. The van der Waals surface area contributed by atoms with Gasteiger partial charge in [-0.05, 0) is 42.5 Å². The Morgan fingerprint density at radius 3 is 2.73 bits per heavy atom. The number of nitrogens with one attached hydrogen (secondary N) is 2. The molecule has 112 valence electrons. The SMILES string of the molecule is O=C1CCOc2ccc(NC(=O)c3ccc(Cl)cc3)cc2N1. The van der Waals surface area contributed by atoms with Crippen LogP contribution in [0.3, 0.4) is 0 Å². The molecule has 0 atom stereocenters. The van der Waals surface area contributed by atoms with E-state index in [1.165, 1.54) is 0 Å². The summed E-state index contributed by atoms with van der Waals surface area (Å²) in [6.45, 7) is 0.343. The quantitative estimate of drug-likeness (QED) is 0.893. The first-order valence-corrected chi connectivity index (χ1v) is 7.13. The molecule has 0 bridgehead atoms. The molecule has 0 spiro atoms. The van der Waals surface area contributed by atoms with Crippen LogP contribution in [-0.2, 0) is 4.79 Å². The van der Waals surface area contributed by atoms with Crippen molar-refractivity contribution in [3.05, 3.63) is 53.1 Å². The molecule has 3 rings (SSSR count). The number of ether oxygens (including phenoxy) is 1. The zero-order chi connectivity index (χ0) is 15.5. The highest BCUT2D eigenvalue weighted by molar-refractivity contribution is 6.30. The van der Waals surface area contributed by atoms with Crippen molar-refractivity contribution in [1.29, 1.82) is 0 Å². The summed E-state index contributed by atoms with van der Waals surface area (Å²) in [6.07, 6.45) is 0.307. The highest BCUT2D eigenvalue weighted by Gasteiger charge is 2.15. The zero-order valence-corrected chi connectivity index (χ0v) is 12.3. The van der Waals surface area contributed by atoms with Gasteiger partial charge in [0, 0.05) is 16.3 Å². The summed E-state index contributed by atoms with van der Waals surface area (Å²) < 4.78 is 5.47. The number of hydrogen-bond acceptors (Lipinski definition) is 3. The molecule has 1 heterocycles. The molecule has 1 aliphatic heterocycles. The molecule has 2 aromatic carbocycles. The van der Waals surface area contributed by atoms with E-state index < -0.39 is 0 Å². The highest BCUT2D eigenvalue weighted by Crippen LogP contribution is 2.30. The molecule has 0 aromatic heterocycles. The van der Waals surface area contributed by atoms with Gasteiger partial charge in [-0.2, -0.15) is 0 Å². The molecule has 2 amide bonds. The summed E-state index contributed by atoms with van der Waals surface area (Å²) in [5.74, 6) is 0.229. The van der Waals surface area contributed by atoms with Crippen molar-refractivity contribution < 1.29 is 14.3 Å². The van der Waals surface area contributed by atoms with Crippen LogP contribution in [0.25, 0.3) is 0 Å². The monoisotopic (exact) mass is 316 g/mol. The maximum absolute atomic E-state index is 12.2. The third kappa shape index (κ3) is 3.20. The smallest absolute Gasteiger partial charge is 0.255 e. The van der Waals surface area contributed by atoms with Crippen molar-refractivity contribution >= 4 is 34.8 Å². The van der Waals surface area contributed by atoms with Crippen molar-refractivity contribution in [2.75, 3.05) is 17.2 Å². The second kappa shape index (κ2) is 6.07. The molecule has 22 heavy (non-hydrogen) atoms. The molecule has 2 aromatic rings. The summed E-state index contributed by atoms with van der Waals surface area (Å²) >= 11 is 5.80. The van der Waals surface area contributed by atoms with Crippen molar-refractivity contribution in [2.24, 2.45) is 0 Å². The summed E-state index contributed by atoms with van der Waals surface area (Å²) in [7, 11) is 0. The lowest BCUT2D eigenvalue weighted by molar-refractivity contribution is -0.116. The van der Waals surface area contributed by atoms with Gasteiger partial charge in [-0.25, -0.2) is 0 Å². The Bertz CT molecular complexity index is 729. The van der Waals surface area contributed by atoms with E-state index in [0.29, 0.717) is 40.7 Å². The normalized spacial score (nSPS) is 13.4. The molecule has 0 unspecified atom stereocenters. The minimum Gasteiger partial charge on any atom is -0.491 e. The van der Waals surface area contributed by atoms with Crippen LogP contribution in [0.4, 0.5) is 11.4 Å². The summed E-state index contributed by atoms with van der Waals surface area (Å²) in [5.41, 5.74) is 1.63.